The molecule has 0 saturated carbocycles. The van der Waals surface area contributed by atoms with E-state index in [9.17, 15) is 9.59 Å². The van der Waals surface area contributed by atoms with E-state index in [1.54, 1.807) is 29.2 Å². The van der Waals surface area contributed by atoms with Crippen LogP contribution in [0.4, 0.5) is 10.5 Å². The third kappa shape index (κ3) is 4.31. The van der Waals surface area contributed by atoms with Crippen molar-refractivity contribution < 1.29 is 9.59 Å². The molecule has 130 valence electrons. The Kier molecular flexibility index (Phi) is 5.24. The second-order valence-corrected chi connectivity index (χ2v) is 6.57. The summed E-state index contributed by atoms with van der Waals surface area (Å²) in [7, 11) is 0. The molecule has 2 aromatic rings. The largest absolute Gasteiger partial charge is 0.333 e. The summed E-state index contributed by atoms with van der Waals surface area (Å²) in [4.78, 5) is 26.1. The minimum absolute atomic E-state index is 0.0104. The fourth-order valence-corrected chi connectivity index (χ4v) is 3.05. The van der Waals surface area contributed by atoms with Gasteiger partial charge >= 0.3 is 6.03 Å². The lowest BCUT2D eigenvalue weighted by Crippen LogP contribution is -2.44. The SMILES string of the molecule is CC(NC(=O)NC1CC(=O)N(c2ccc(Cl)cc2)C1)c1ccccc1. The number of nitrogens with zero attached hydrogens (tertiary/aromatic N) is 1. The Morgan fingerprint density at radius 1 is 1.16 bits per heavy atom. The standard InChI is InChI=1S/C19H20ClN3O2/c1-13(14-5-3-2-4-6-14)21-19(25)22-16-11-18(24)23(12-16)17-9-7-15(20)8-10-17/h2-10,13,16H,11-12H2,1H3,(H2,21,22,25). The quantitative estimate of drug-likeness (QED) is 0.879. The minimum atomic E-state index is -0.271. The van der Waals surface area contributed by atoms with Crippen LogP contribution in [-0.2, 0) is 4.79 Å². The first-order chi connectivity index (χ1) is 12.0. The molecule has 6 heteroatoms. The molecule has 25 heavy (non-hydrogen) atoms. The maximum Gasteiger partial charge on any atom is 0.315 e. The molecule has 5 nitrogen and oxygen atoms in total. The zero-order valence-electron chi connectivity index (χ0n) is 13.9. The van der Waals surface area contributed by atoms with E-state index in [0.29, 0.717) is 11.6 Å². The van der Waals surface area contributed by atoms with Crippen LogP contribution >= 0.6 is 11.6 Å². The summed E-state index contributed by atoms with van der Waals surface area (Å²) in [6, 6.07) is 16.3. The van der Waals surface area contributed by atoms with Crippen LogP contribution in [0.15, 0.2) is 54.6 Å². The predicted molar refractivity (Wildman–Crippen MR) is 98.7 cm³/mol. The van der Waals surface area contributed by atoms with Gasteiger partial charge in [0.15, 0.2) is 0 Å². The highest BCUT2D eigenvalue weighted by atomic mass is 35.5. The van der Waals surface area contributed by atoms with Gasteiger partial charge in [-0.25, -0.2) is 4.79 Å². The monoisotopic (exact) mass is 357 g/mol. The van der Waals surface area contributed by atoms with Crippen molar-refractivity contribution >= 4 is 29.2 Å². The molecular weight excluding hydrogens is 338 g/mol. The van der Waals surface area contributed by atoms with Crippen LogP contribution in [0.1, 0.15) is 24.9 Å². The Bertz CT molecular complexity index is 749. The summed E-state index contributed by atoms with van der Waals surface area (Å²) in [5.41, 5.74) is 1.82. The predicted octanol–water partition coefficient (Wildman–Crippen LogP) is 3.51. The maximum atomic E-state index is 12.2. The van der Waals surface area contributed by atoms with Crippen LogP contribution in [0.5, 0.6) is 0 Å². The van der Waals surface area contributed by atoms with E-state index in [1.165, 1.54) is 0 Å². The van der Waals surface area contributed by atoms with Crippen molar-refractivity contribution in [1.82, 2.24) is 10.6 Å². The van der Waals surface area contributed by atoms with Gasteiger partial charge in [0.1, 0.15) is 0 Å². The number of amides is 3. The first-order valence-electron chi connectivity index (χ1n) is 8.21. The molecule has 2 unspecified atom stereocenters. The molecule has 0 bridgehead atoms. The minimum Gasteiger partial charge on any atom is -0.333 e. The lowest BCUT2D eigenvalue weighted by atomic mass is 10.1. The number of urea groups is 1. The van der Waals surface area contributed by atoms with Crippen molar-refractivity contribution in [1.29, 1.82) is 0 Å². The van der Waals surface area contributed by atoms with E-state index in [0.717, 1.165) is 11.3 Å². The highest BCUT2D eigenvalue weighted by molar-refractivity contribution is 6.30. The number of anilines is 1. The average molecular weight is 358 g/mol. The maximum absolute atomic E-state index is 12.2. The van der Waals surface area contributed by atoms with Gasteiger partial charge in [-0.15, -0.1) is 0 Å². The van der Waals surface area contributed by atoms with Gasteiger partial charge in [0, 0.05) is 23.7 Å². The fourth-order valence-electron chi connectivity index (χ4n) is 2.92. The number of benzene rings is 2. The van der Waals surface area contributed by atoms with E-state index in [4.69, 9.17) is 11.6 Å². The molecule has 1 aliphatic heterocycles. The van der Waals surface area contributed by atoms with Crippen LogP contribution in [0.3, 0.4) is 0 Å². The van der Waals surface area contributed by atoms with E-state index < -0.39 is 0 Å². The summed E-state index contributed by atoms with van der Waals surface area (Å²) in [5.74, 6) is -0.0104. The molecule has 3 rings (SSSR count). The number of hydrogen-bond acceptors (Lipinski definition) is 2. The molecule has 2 aromatic carbocycles. The van der Waals surface area contributed by atoms with E-state index in [2.05, 4.69) is 10.6 Å². The van der Waals surface area contributed by atoms with Crippen molar-refractivity contribution in [2.45, 2.75) is 25.4 Å². The highest BCUT2D eigenvalue weighted by Gasteiger charge is 2.31. The Morgan fingerprint density at radius 3 is 2.52 bits per heavy atom. The van der Waals surface area contributed by atoms with E-state index in [-0.39, 0.29) is 30.4 Å². The lowest BCUT2D eigenvalue weighted by Gasteiger charge is -2.19. The molecule has 2 N–H and O–H groups in total. The third-order valence-corrected chi connectivity index (χ3v) is 4.50. The second kappa shape index (κ2) is 7.57. The fraction of sp³-hybridized carbons (Fsp3) is 0.263. The van der Waals surface area contributed by atoms with Gasteiger partial charge in [0.05, 0.1) is 12.1 Å². The Hall–Kier alpha value is -2.53. The lowest BCUT2D eigenvalue weighted by molar-refractivity contribution is -0.117. The molecule has 0 aliphatic carbocycles. The third-order valence-electron chi connectivity index (χ3n) is 4.25. The van der Waals surface area contributed by atoms with Gasteiger partial charge in [-0.1, -0.05) is 41.9 Å². The van der Waals surface area contributed by atoms with Gasteiger partial charge < -0.3 is 15.5 Å². The zero-order chi connectivity index (χ0) is 17.8. The van der Waals surface area contributed by atoms with Crippen molar-refractivity contribution in [3.8, 4) is 0 Å². The van der Waals surface area contributed by atoms with Crippen LogP contribution < -0.4 is 15.5 Å². The molecular formula is C19H20ClN3O2. The van der Waals surface area contributed by atoms with Crippen molar-refractivity contribution in [2.75, 3.05) is 11.4 Å². The molecule has 0 spiro atoms. The van der Waals surface area contributed by atoms with Crippen molar-refractivity contribution in [2.24, 2.45) is 0 Å². The molecule has 0 radical (unpaired) electrons. The smallest absolute Gasteiger partial charge is 0.315 e. The van der Waals surface area contributed by atoms with Gasteiger partial charge in [0.2, 0.25) is 5.91 Å². The van der Waals surface area contributed by atoms with Crippen LogP contribution in [0.2, 0.25) is 5.02 Å². The van der Waals surface area contributed by atoms with Gasteiger partial charge in [-0.3, -0.25) is 4.79 Å². The first kappa shape index (κ1) is 17.3. The van der Waals surface area contributed by atoms with Gasteiger partial charge in [-0.05, 0) is 36.8 Å². The number of hydrogen-bond donors (Lipinski definition) is 2. The average Bonchev–Trinajstić information content (AvgIpc) is 2.96. The van der Waals surface area contributed by atoms with Gasteiger partial charge in [0.25, 0.3) is 0 Å². The molecule has 1 heterocycles. The normalized spacial score (nSPS) is 18.1. The summed E-state index contributed by atoms with van der Waals surface area (Å²) in [6.07, 6.45) is 0.287. The van der Waals surface area contributed by atoms with E-state index in [1.807, 2.05) is 37.3 Å². The van der Waals surface area contributed by atoms with Crippen molar-refractivity contribution in [3.63, 3.8) is 0 Å². The Labute approximate surface area is 152 Å². The summed E-state index contributed by atoms with van der Waals surface area (Å²) < 4.78 is 0. The Balaban J connectivity index is 1.56. The van der Waals surface area contributed by atoms with Crippen LogP contribution in [0.25, 0.3) is 0 Å². The number of carbonyl (C=O) groups is 2. The summed E-state index contributed by atoms with van der Waals surface area (Å²) in [6.45, 7) is 2.38. The Morgan fingerprint density at radius 2 is 1.84 bits per heavy atom. The molecule has 2 atom stereocenters. The number of rotatable bonds is 4. The topological polar surface area (TPSA) is 61.4 Å². The molecule has 3 amide bonds. The molecule has 1 fully saturated rings. The number of carbonyl (C=O) groups excluding carboxylic acids is 2. The van der Waals surface area contributed by atoms with Gasteiger partial charge in [-0.2, -0.15) is 0 Å². The zero-order valence-corrected chi connectivity index (χ0v) is 14.7. The summed E-state index contributed by atoms with van der Waals surface area (Å²) >= 11 is 5.88. The second-order valence-electron chi connectivity index (χ2n) is 6.13. The molecule has 0 aromatic heterocycles. The van der Waals surface area contributed by atoms with Crippen LogP contribution in [0, 0.1) is 0 Å². The van der Waals surface area contributed by atoms with E-state index >= 15 is 0 Å². The highest BCUT2D eigenvalue weighted by Crippen LogP contribution is 2.23. The number of nitrogens with one attached hydrogen (secondary N) is 2. The van der Waals surface area contributed by atoms with Crippen molar-refractivity contribution in [3.05, 3.63) is 65.2 Å². The van der Waals surface area contributed by atoms with Crippen LogP contribution in [-0.4, -0.2) is 24.5 Å². The molecule has 1 aliphatic rings. The first-order valence-corrected chi connectivity index (χ1v) is 8.58. The molecule has 1 saturated heterocycles. The number of halogens is 1. The summed E-state index contributed by atoms with van der Waals surface area (Å²) in [5, 5.41) is 6.41.